The number of nitrogens with one attached hydrogen (secondary N) is 1. The van der Waals surface area contributed by atoms with E-state index < -0.39 is 34.5 Å². The number of carboxylic acids is 1. The van der Waals surface area contributed by atoms with Gasteiger partial charge in [0.2, 0.25) is 15.9 Å². The number of aliphatic carboxylic acids is 1. The Labute approximate surface area is 177 Å². The van der Waals surface area contributed by atoms with Crippen molar-refractivity contribution in [1.29, 1.82) is 0 Å². The van der Waals surface area contributed by atoms with Crippen molar-refractivity contribution < 1.29 is 23.1 Å². The van der Waals surface area contributed by atoms with Gasteiger partial charge < -0.3 is 21.5 Å². The van der Waals surface area contributed by atoms with Crippen molar-refractivity contribution in [2.24, 2.45) is 16.5 Å². The molecule has 168 valence electrons. The Kier molecular flexibility index (Phi) is 10.3. The lowest BCUT2D eigenvalue weighted by Crippen LogP contribution is -2.50. The van der Waals surface area contributed by atoms with Gasteiger partial charge in [-0.05, 0) is 38.3 Å². The number of nitrogens with two attached hydrogens (primary N) is 2. The minimum Gasteiger partial charge on any atom is -0.480 e. The standard InChI is InChI=1S/C19H31N5O5S/c1-3-4-12-24(13-17(25)26)18(27)16(6-5-11-22-19(20)21)23-30(28,29)15-9-7-14(2)8-10-15/h7-10,16,23H,3-6,11-13H2,1-2H3,(H,25,26)(H4,20,21,22)/t16-/m0/s1. The largest absolute Gasteiger partial charge is 0.480 e. The van der Waals surface area contributed by atoms with E-state index >= 15 is 0 Å². The molecule has 0 heterocycles. The molecule has 1 rings (SSSR count). The van der Waals surface area contributed by atoms with Crippen LogP contribution in [0.5, 0.6) is 0 Å². The minimum atomic E-state index is -3.99. The smallest absolute Gasteiger partial charge is 0.323 e. The SMILES string of the molecule is CCCCN(CC(=O)O)C(=O)[C@H](CCCN=C(N)N)NS(=O)(=O)c1ccc(C)cc1. The first-order valence-electron chi connectivity index (χ1n) is 9.71. The topological polar surface area (TPSA) is 168 Å². The van der Waals surface area contributed by atoms with E-state index in [4.69, 9.17) is 16.6 Å². The molecule has 0 fully saturated rings. The molecule has 0 aliphatic rings. The van der Waals surface area contributed by atoms with Crippen LogP contribution < -0.4 is 16.2 Å². The quantitative estimate of drug-likeness (QED) is 0.195. The van der Waals surface area contributed by atoms with E-state index in [1.54, 1.807) is 12.1 Å². The summed E-state index contributed by atoms with van der Waals surface area (Å²) in [6.07, 6.45) is 1.81. The van der Waals surface area contributed by atoms with E-state index in [1.165, 1.54) is 12.1 Å². The van der Waals surface area contributed by atoms with Crippen LogP contribution in [0.3, 0.4) is 0 Å². The fourth-order valence-corrected chi connectivity index (χ4v) is 3.93. The molecule has 0 saturated carbocycles. The highest BCUT2D eigenvalue weighted by molar-refractivity contribution is 7.89. The Morgan fingerprint density at radius 2 is 1.83 bits per heavy atom. The summed E-state index contributed by atoms with van der Waals surface area (Å²) in [5.41, 5.74) is 11.5. The molecule has 0 aliphatic carbocycles. The fourth-order valence-electron chi connectivity index (χ4n) is 2.71. The Hall–Kier alpha value is -2.66. The number of sulfonamides is 1. The fraction of sp³-hybridized carbons (Fsp3) is 0.526. The van der Waals surface area contributed by atoms with Crippen molar-refractivity contribution in [2.45, 2.75) is 50.5 Å². The summed E-state index contributed by atoms with van der Waals surface area (Å²) in [6, 6.07) is 5.07. The molecule has 0 radical (unpaired) electrons. The Morgan fingerprint density at radius 3 is 2.37 bits per heavy atom. The molecule has 0 unspecified atom stereocenters. The van der Waals surface area contributed by atoms with Gasteiger partial charge in [0.1, 0.15) is 12.6 Å². The summed E-state index contributed by atoms with van der Waals surface area (Å²) in [4.78, 5) is 29.2. The predicted molar refractivity (Wildman–Crippen MR) is 114 cm³/mol. The second-order valence-electron chi connectivity index (χ2n) is 6.94. The van der Waals surface area contributed by atoms with Crippen molar-refractivity contribution in [3.63, 3.8) is 0 Å². The number of guanidine groups is 1. The molecule has 0 spiro atoms. The average molecular weight is 442 g/mol. The highest BCUT2D eigenvalue weighted by atomic mass is 32.2. The van der Waals surface area contributed by atoms with Crippen molar-refractivity contribution in [2.75, 3.05) is 19.6 Å². The second-order valence-corrected chi connectivity index (χ2v) is 8.66. The van der Waals surface area contributed by atoms with Crippen LogP contribution in [-0.4, -0.2) is 61.9 Å². The van der Waals surface area contributed by atoms with Gasteiger partial charge in [-0.1, -0.05) is 31.0 Å². The van der Waals surface area contributed by atoms with Gasteiger partial charge in [0.15, 0.2) is 5.96 Å². The number of aryl methyl sites for hydroxylation is 1. The molecule has 0 saturated heterocycles. The molecule has 1 aromatic carbocycles. The predicted octanol–water partition coefficient (Wildman–Crippen LogP) is 0.409. The number of aliphatic imine (C=N–C) groups is 1. The van der Waals surface area contributed by atoms with Crippen LogP contribution in [0.4, 0.5) is 0 Å². The Morgan fingerprint density at radius 1 is 1.20 bits per heavy atom. The van der Waals surface area contributed by atoms with Gasteiger partial charge in [-0.25, -0.2) is 8.42 Å². The number of hydrogen-bond donors (Lipinski definition) is 4. The van der Waals surface area contributed by atoms with Crippen molar-refractivity contribution in [3.8, 4) is 0 Å². The summed E-state index contributed by atoms with van der Waals surface area (Å²) in [5, 5.41) is 9.15. The first-order chi connectivity index (χ1) is 14.1. The van der Waals surface area contributed by atoms with Crippen LogP contribution in [0.25, 0.3) is 0 Å². The molecular weight excluding hydrogens is 410 g/mol. The van der Waals surface area contributed by atoms with Crippen molar-refractivity contribution >= 4 is 27.9 Å². The highest BCUT2D eigenvalue weighted by Crippen LogP contribution is 2.14. The molecule has 30 heavy (non-hydrogen) atoms. The van der Waals surface area contributed by atoms with Crippen LogP contribution in [0.2, 0.25) is 0 Å². The highest BCUT2D eigenvalue weighted by Gasteiger charge is 2.29. The molecule has 1 amide bonds. The monoisotopic (exact) mass is 441 g/mol. The number of rotatable bonds is 13. The Balaban J connectivity index is 3.09. The average Bonchev–Trinajstić information content (AvgIpc) is 2.66. The third-order valence-corrected chi connectivity index (χ3v) is 5.78. The molecule has 1 aromatic rings. The van der Waals surface area contributed by atoms with Crippen molar-refractivity contribution in [1.82, 2.24) is 9.62 Å². The maximum absolute atomic E-state index is 13.0. The molecule has 11 heteroatoms. The number of carbonyl (C=O) groups excluding carboxylic acids is 1. The summed E-state index contributed by atoms with van der Waals surface area (Å²) >= 11 is 0. The van der Waals surface area contributed by atoms with Crippen LogP contribution in [0.1, 0.15) is 38.2 Å². The molecule has 0 aliphatic heterocycles. The third-order valence-electron chi connectivity index (χ3n) is 4.29. The molecule has 1 atom stereocenters. The summed E-state index contributed by atoms with van der Waals surface area (Å²) in [7, 11) is -3.99. The second kappa shape index (κ2) is 12.1. The van der Waals surface area contributed by atoms with Crippen LogP contribution in [0.15, 0.2) is 34.2 Å². The summed E-state index contributed by atoms with van der Waals surface area (Å²) in [6.45, 7) is 3.67. The zero-order valence-corrected chi connectivity index (χ0v) is 18.2. The van der Waals surface area contributed by atoms with Crippen LogP contribution in [0, 0.1) is 6.92 Å². The van der Waals surface area contributed by atoms with E-state index in [1.807, 2.05) is 13.8 Å². The number of hydrogen-bond acceptors (Lipinski definition) is 5. The molecule has 6 N–H and O–H groups in total. The van der Waals surface area contributed by atoms with E-state index in [0.29, 0.717) is 12.8 Å². The maximum Gasteiger partial charge on any atom is 0.323 e. The van der Waals surface area contributed by atoms with Gasteiger partial charge >= 0.3 is 5.97 Å². The number of unbranched alkanes of at least 4 members (excludes halogenated alkanes) is 1. The number of nitrogens with zero attached hydrogens (tertiary/aromatic N) is 2. The number of benzene rings is 1. The van der Waals surface area contributed by atoms with Gasteiger partial charge in [-0.3, -0.25) is 14.6 Å². The van der Waals surface area contributed by atoms with Crippen LogP contribution >= 0.6 is 0 Å². The zero-order valence-electron chi connectivity index (χ0n) is 17.4. The summed E-state index contributed by atoms with van der Waals surface area (Å²) in [5.74, 6) is -1.86. The van der Waals surface area contributed by atoms with Gasteiger partial charge in [0, 0.05) is 13.1 Å². The van der Waals surface area contributed by atoms with Gasteiger partial charge in [0.05, 0.1) is 4.90 Å². The van der Waals surface area contributed by atoms with E-state index in [-0.39, 0.29) is 30.4 Å². The lowest BCUT2D eigenvalue weighted by atomic mass is 10.1. The van der Waals surface area contributed by atoms with E-state index in [0.717, 1.165) is 16.9 Å². The zero-order chi connectivity index (χ0) is 22.7. The minimum absolute atomic E-state index is 0.0217. The Bertz CT molecular complexity index is 835. The summed E-state index contributed by atoms with van der Waals surface area (Å²) < 4.78 is 28.0. The molecular formula is C19H31N5O5S. The molecule has 10 nitrogen and oxygen atoms in total. The van der Waals surface area contributed by atoms with Gasteiger partial charge in [-0.15, -0.1) is 0 Å². The van der Waals surface area contributed by atoms with Crippen LogP contribution in [-0.2, 0) is 19.6 Å². The lowest BCUT2D eigenvalue weighted by Gasteiger charge is -2.26. The molecule has 0 aromatic heterocycles. The van der Waals surface area contributed by atoms with E-state index in [2.05, 4.69) is 9.71 Å². The number of amides is 1. The molecule has 0 bridgehead atoms. The maximum atomic E-state index is 13.0. The first-order valence-corrected chi connectivity index (χ1v) is 11.2. The normalized spacial score (nSPS) is 12.2. The van der Waals surface area contributed by atoms with Gasteiger partial charge in [0.25, 0.3) is 0 Å². The first kappa shape index (κ1) is 25.4. The lowest BCUT2D eigenvalue weighted by molar-refractivity contribution is -0.145. The number of carboxylic acid groups (broad SMARTS) is 1. The van der Waals surface area contributed by atoms with E-state index in [9.17, 15) is 18.0 Å². The third kappa shape index (κ3) is 8.78. The van der Waals surface area contributed by atoms with Gasteiger partial charge in [-0.2, -0.15) is 4.72 Å². The van der Waals surface area contributed by atoms with Crippen molar-refractivity contribution in [3.05, 3.63) is 29.8 Å². The number of carbonyl (C=O) groups is 2.